The van der Waals surface area contributed by atoms with Gasteiger partial charge < -0.3 is 19.7 Å². The zero-order chi connectivity index (χ0) is 24.5. The molecule has 1 saturated heterocycles. The molecule has 4 heterocycles. The fourth-order valence-electron chi connectivity index (χ4n) is 4.46. The third-order valence-corrected chi connectivity index (χ3v) is 7.39. The molecule has 0 aliphatic carbocycles. The number of ether oxygens (including phenoxy) is 2. The molecule has 0 spiro atoms. The summed E-state index contributed by atoms with van der Waals surface area (Å²) < 4.78 is 14.1. The molecule has 1 aromatic carbocycles. The van der Waals surface area contributed by atoms with Crippen molar-refractivity contribution in [3.05, 3.63) is 53.2 Å². The molecule has 2 amide bonds. The van der Waals surface area contributed by atoms with Crippen molar-refractivity contribution in [1.29, 1.82) is 0 Å². The molecule has 182 valence electrons. The number of aryl methyl sites for hydroxylation is 1. The molecule has 3 aromatic heterocycles. The molecule has 1 N–H and O–H groups in total. The summed E-state index contributed by atoms with van der Waals surface area (Å²) in [7, 11) is 1.68. The summed E-state index contributed by atoms with van der Waals surface area (Å²) in [5.74, 6) is 1.30. The van der Waals surface area contributed by atoms with Crippen LogP contribution in [0.4, 0.5) is 4.79 Å². The number of hydrogen-bond acceptors (Lipinski definition) is 6. The van der Waals surface area contributed by atoms with Gasteiger partial charge in [0.25, 0.3) is 5.91 Å². The van der Waals surface area contributed by atoms with Crippen LogP contribution in [0.5, 0.6) is 11.5 Å². The van der Waals surface area contributed by atoms with Crippen molar-refractivity contribution in [3.8, 4) is 11.5 Å². The smallest absolute Gasteiger partial charge is 0.326 e. The van der Waals surface area contributed by atoms with Crippen LogP contribution in [0.2, 0.25) is 0 Å². The lowest BCUT2D eigenvalue weighted by Crippen LogP contribution is -2.29. The van der Waals surface area contributed by atoms with Crippen LogP contribution in [0.15, 0.2) is 42.6 Å². The Hall–Kier alpha value is -3.43. The number of amides is 2. The van der Waals surface area contributed by atoms with Gasteiger partial charge in [-0.1, -0.05) is 6.92 Å². The van der Waals surface area contributed by atoms with E-state index in [4.69, 9.17) is 9.47 Å². The maximum atomic E-state index is 13.0. The predicted octanol–water partition coefficient (Wildman–Crippen LogP) is 5.18. The number of aromatic nitrogens is 2. The van der Waals surface area contributed by atoms with Gasteiger partial charge in [0.15, 0.2) is 0 Å². The minimum absolute atomic E-state index is 0.00177. The van der Waals surface area contributed by atoms with E-state index in [0.29, 0.717) is 36.0 Å². The van der Waals surface area contributed by atoms with Crippen molar-refractivity contribution >= 4 is 44.4 Å². The molecule has 8 nitrogen and oxygen atoms in total. The third kappa shape index (κ3) is 4.49. The number of hydrogen-bond donors (Lipinski definition) is 1. The summed E-state index contributed by atoms with van der Waals surface area (Å²) >= 11 is 1.39. The number of thiophene rings is 1. The molecule has 9 heteroatoms. The first-order valence-electron chi connectivity index (χ1n) is 11.8. The van der Waals surface area contributed by atoms with E-state index in [1.165, 1.54) is 11.3 Å². The van der Waals surface area contributed by atoms with Crippen LogP contribution in [0, 0.1) is 6.92 Å². The highest BCUT2D eigenvalue weighted by atomic mass is 32.1. The molecular formula is C26H28N4O4S. The maximum absolute atomic E-state index is 13.0. The number of nitrogens with zero attached hydrogens (tertiary/aromatic N) is 3. The number of pyridine rings is 1. The average Bonchev–Trinajstić information content (AvgIpc) is 3.58. The van der Waals surface area contributed by atoms with Crippen LogP contribution < -0.4 is 10.1 Å². The van der Waals surface area contributed by atoms with Gasteiger partial charge in [0.05, 0.1) is 26.7 Å². The quantitative estimate of drug-likeness (QED) is 0.401. The Morgan fingerprint density at radius 3 is 2.86 bits per heavy atom. The van der Waals surface area contributed by atoms with Crippen LogP contribution in [0.3, 0.4) is 0 Å². The number of nitrogens with one attached hydrogen (secondary N) is 1. The lowest BCUT2D eigenvalue weighted by Gasteiger charge is -2.14. The third-order valence-electron chi connectivity index (χ3n) is 6.27. The molecule has 1 fully saturated rings. The number of methoxy groups -OCH3 is 1. The summed E-state index contributed by atoms with van der Waals surface area (Å²) in [5.41, 5.74) is 2.41. The van der Waals surface area contributed by atoms with E-state index in [2.05, 4.69) is 10.3 Å². The van der Waals surface area contributed by atoms with Gasteiger partial charge in [-0.2, -0.15) is 0 Å². The zero-order valence-electron chi connectivity index (χ0n) is 20.0. The van der Waals surface area contributed by atoms with Crippen molar-refractivity contribution in [2.75, 3.05) is 26.7 Å². The van der Waals surface area contributed by atoms with Crippen molar-refractivity contribution in [2.45, 2.75) is 32.8 Å². The molecular weight excluding hydrogens is 464 g/mol. The van der Waals surface area contributed by atoms with Crippen molar-refractivity contribution in [1.82, 2.24) is 19.8 Å². The Morgan fingerprint density at radius 2 is 2.09 bits per heavy atom. The molecule has 1 aliphatic rings. The van der Waals surface area contributed by atoms with Crippen LogP contribution in [-0.4, -0.2) is 59.2 Å². The van der Waals surface area contributed by atoms with Crippen LogP contribution in [0.1, 0.15) is 35.1 Å². The van der Waals surface area contributed by atoms with Gasteiger partial charge in [-0.15, -0.1) is 11.3 Å². The monoisotopic (exact) mass is 492 g/mol. The average molecular weight is 493 g/mol. The molecule has 0 saturated carbocycles. The number of likely N-dealkylation sites (tertiary alicyclic amines) is 1. The van der Waals surface area contributed by atoms with E-state index in [-0.39, 0.29) is 18.0 Å². The topological polar surface area (TPSA) is 85.7 Å². The highest BCUT2D eigenvalue weighted by Gasteiger charge is 2.28. The summed E-state index contributed by atoms with van der Waals surface area (Å²) in [6.07, 6.45) is 3.51. The van der Waals surface area contributed by atoms with Gasteiger partial charge in [-0.3, -0.25) is 14.3 Å². The first-order valence-corrected chi connectivity index (χ1v) is 12.6. The van der Waals surface area contributed by atoms with Crippen LogP contribution in [-0.2, 0) is 4.74 Å². The van der Waals surface area contributed by atoms with Gasteiger partial charge in [0.1, 0.15) is 11.5 Å². The first-order chi connectivity index (χ1) is 17.0. The summed E-state index contributed by atoms with van der Waals surface area (Å²) in [6, 6.07) is 11.2. The van der Waals surface area contributed by atoms with Gasteiger partial charge in [-0.05, 0) is 50.1 Å². The molecule has 0 bridgehead atoms. The van der Waals surface area contributed by atoms with Gasteiger partial charge in [-0.25, -0.2) is 4.79 Å². The summed E-state index contributed by atoms with van der Waals surface area (Å²) in [4.78, 5) is 32.5. The number of benzene rings is 1. The predicted molar refractivity (Wildman–Crippen MR) is 137 cm³/mol. The zero-order valence-corrected chi connectivity index (χ0v) is 20.9. The fourth-order valence-corrected chi connectivity index (χ4v) is 5.50. The SMILES string of the molecule is CCCNC(=O)n1c(C)cc2cc(Oc3ccnc4cc(C(=O)N5CCC(OC)C5)sc34)ccc21. The van der Waals surface area contributed by atoms with Crippen LogP contribution >= 0.6 is 11.3 Å². The molecule has 1 aliphatic heterocycles. The lowest BCUT2D eigenvalue weighted by molar-refractivity contribution is 0.0728. The molecule has 4 aromatic rings. The maximum Gasteiger partial charge on any atom is 0.326 e. The largest absolute Gasteiger partial charge is 0.456 e. The van der Waals surface area contributed by atoms with E-state index >= 15 is 0 Å². The van der Waals surface area contributed by atoms with Gasteiger partial charge >= 0.3 is 6.03 Å². The Balaban J connectivity index is 1.41. The van der Waals surface area contributed by atoms with E-state index in [9.17, 15) is 9.59 Å². The number of carbonyl (C=O) groups excluding carboxylic acids is 2. The second-order valence-corrected chi connectivity index (χ2v) is 9.76. The van der Waals surface area contributed by atoms with E-state index in [1.54, 1.807) is 17.9 Å². The van der Waals surface area contributed by atoms with E-state index in [0.717, 1.165) is 39.7 Å². The minimum Gasteiger partial charge on any atom is -0.456 e. The Bertz CT molecular complexity index is 1410. The molecule has 1 atom stereocenters. The number of carbonyl (C=O) groups is 2. The second-order valence-electron chi connectivity index (χ2n) is 8.71. The Morgan fingerprint density at radius 1 is 1.23 bits per heavy atom. The van der Waals surface area contributed by atoms with Gasteiger partial charge in [0.2, 0.25) is 0 Å². The Labute approximate surface area is 207 Å². The van der Waals surface area contributed by atoms with Gasteiger partial charge in [0, 0.05) is 50.1 Å². The lowest BCUT2D eigenvalue weighted by atomic mass is 10.2. The normalized spacial score (nSPS) is 15.7. The molecule has 1 unspecified atom stereocenters. The number of fused-ring (bicyclic) bond motifs is 2. The molecule has 35 heavy (non-hydrogen) atoms. The van der Waals surface area contributed by atoms with E-state index < -0.39 is 0 Å². The van der Waals surface area contributed by atoms with E-state index in [1.807, 2.05) is 55.1 Å². The highest BCUT2D eigenvalue weighted by molar-refractivity contribution is 7.21. The standard InChI is InChI=1S/C26H28N4O4S/c1-4-9-28-26(32)30-16(2)12-17-13-18(5-6-21(17)30)34-22-7-10-27-20-14-23(35-24(20)22)25(31)29-11-8-19(15-29)33-3/h5-7,10,12-14,19H,4,8-9,11,15H2,1-3H3,(H,28,32). The van der Waals surface area contributed by atoms with Crippen molar-refractivity contribution in [3.63, 3.8) is 0 Å². The molecule has 5 rings (SSSR count). The second kappa shape index (κ2) is 9.67. The number of rotatable bonds is 6. The van der Waals surface area contributed by atoms with Crippen LogP contribution in [0.25, 0.3) is 21.1 Å². The molecule has 0 radical (unpaired) electrons. The fraction of sp³-hybridized carbons (Fsp3) is 0.346. The Kier molecular flexibility index (Phi) is 6.44. The highest BCUT2D eigenvalue weighted by Crippen LogP contribution is 2.36. The van der Waals surface area contributed by atoms with Crippen molar-refractivity contribution < 1.29 is 19.1 Å². The first kappa shape index (κ1) is 23.3. The minimum atomic E-state index is -0.130. The summed E-state index contributed by atoms with van der Waals surface area (Å²) in [5, 5.41) is 3.85. The summed E-state index contributed by atoms with van der Waals surface area (Å²) in [6.45, 7) is 5.87. The van der Waals surface area contributed by atoms with Crippen molar-refractivity contribution in [2.24, 2.45) is 0 Å².